The molecular formula is C23H24N2O. The Labute approximate surface area is 155 Å². The summed E-state index contributed by atoms with van der Waals surface area (Å²) in [5, 5.41) is 3.06. The Bertz CT molecular complexity index is 747. The highest BCUT2D eigenvalue weighted by Crippen LogP contribution is 2.10. The Morgan fingerprint density at radius 3 is 1.54 bits per heavy atom. The SMILES string of the molecule is O=C(NCCc1ccccc1)N(Cc1ccccc1)Cc1ccccc1. The van der Waals surface area contributed by atoms with Gasteiger partial charge in [-0.2, -0.15) is 0 Å². The lowest BCUT2D eigenvalue weighted by molar-refractivity contribution is 0.192. The minimum atomic E-state index is -0.0337. The van der Waals surface area contributed by atoms with Crippen molar-refractivity contribution in [3.05, 3.63) is 108 Å². The minimum absolute atomic E-state index is 0.0337. The topological polar surface area (TPSA) is 32.3 Å². The van der Waals surface area contributed by atoms with E-state index in [1.807, 2.05) is 59.5 Å². The van der Waals surface area contributed by atoms with Crippen molar-refractivity contribution >= 4 is 6.03 Å². The molecule has 3 nitrogen and oxygen atoms in total. The van der Waals surface area contributed by atoms with Crippen LogP contribution in [0.5, 0.6) is 0 Å². The number of nitrogens with one attached hydrogen (secondary N) is 1. The maximum atomic E-state index is 12.8. The van der Waals surface area contributed by atoms with Crippen molar-refractivity contribution in [1.29, 1.82) is 0 Å². The zero-order chi connectivity index (χ0) is 18.0. The lowest BCUT2D eigenvalue weighted by Crippen LogP contribution is -2.40. The molecule has 0 bridgehead atoms. The standard InChI is InChI=1S/C23H24N2O/c26-23(24-17-16-20-10-4-1-5-11-20)25(18-21-12-6-2-7-13-21)19-22-14-8-3-9-15-22/h1-15H,16-19H2,(H,24,26). The highest BCUT2D eigenvalue weighted by molar-refractivity contribution is 5.74. The average Bonchev–Trinajstić information content (AvgIpc) is 2.70. The van der Waals surface area contributed by atoms with Crippen LogP contribution in [0.1, 0.15) is 16.7 Å². The zero-order valence-corrected chi connectivity index (χ0v) is 14.8. The fourth-order valence-electron chi connectivity index (χ4n) is 2.88. The summed E-state index contributed by atoms with van der Waals surface area (Å²) in [5.41, 5.74) is 3.48. The molecule has 0 atom stereocenters. The van der Waals surface area contributed by atoms with Gasteiger partial charge in [0.25, 0.3) is 0 Å². The van der Waals surface area contributed by atoms with Crippen LogP contribution in [0.3, 0.4) is 0 Å². The normalized spacial score (nSPS) is 10.3. The molecule has 3 rings (SSSR count). The first kappa shape index (κ1) is 17.7. The second-order valence-corrected chi connectivity index (χ2v) is 6.29. The minimum Gasteiger partial charge on any atom is -0.338 e. The van der Waals surface area contributed by atoms with Crippen LogP contribution >= 0.6 is 0 Å². The van der Waals surface area contributed by atoms with E-state index in [1.54, 1.807) is 0 Å². The van der Waals surface area contributed by atoms with E-state index in [0.717, 1.165) is 17.5 Å². The summed E-state index contributed by atoms with van der Waals surface area (Å²) in [6.45, 7) is 1.81. The first-order chi connectivity index (χ1) is 12.8. The van der Waals surface area contributed by atoms with Crippen molar-refractivity contribution in [2.24, 2.45) is 0 Å². The predicted octanol–water partition coefficient (Wildman–Crippen LogP) is 4.64. The van der Waals surface area contributed by atoms with Crippen LogP contribution in [0.25, 0.3) is 0 Å². The van der Waals surface area contributed by atoms with E-state index in [-0.39, 0.29) is 6.03 Å². The predicted molar refractivity (Wildman–Crippen MR) is 106 cm³/mol. The Hall–Kier alpha value is -3.07. The number of nitrogens with zero attached hydrogens (tertiary/aromatic N) is 1. The molecule has 0 aliphatic heterocycles. The van der Waals surface area contributed by atoms with E-state index in [0.29, 0.717) is 19.6 Å². The largest absolute Gasteiger partial charge is 0.338 e. The quantitative estimate of drug-likeness (QED) is 0.665. The van der Waals surface area contributed by atoms with Crippen molar-refractivity contribution in [2.45, 2.75) is 19.5 Å². The van der Waals surface area contributed by atoms with E-state index < -0.39 is 0 Å². The highest BCUT2D eigenvalue weighted by atomic mass is 16.2. The van der Waals surface area contributed by atoms with Crippen molar-refractivity contribution < 1.29 is 4.79 Å². The van der Waals surface area contributed by atoms with Gasteiger partial charge in [-0.3, -0.25) is 0 Å². The summed E-state index contributed by atoms with van der Waals surface area (Å²) in [5.74, 6) is 0. The van der Waals surface area contributed by atoms with Crippen LogP contribution in [0.15, 0.2) is 91.0 Å². The summed E-state index contributed by atoms with van der Waals surface area (Å²) in [6.07, 6.45) is 0.830. The highest BCUT2D eigenvalue weighted by Gasteiger charge is 2.14. The lowest BCUT2D eigenvalue weighted by atomic mass is 10.1. The summed E-state index contributed by atoms with van der Waals surface area (Å²) in [6, 6.07) is 30.4. The van der Waals surface area contributed by atoms with E-state index in [4.69, 9.17) is 0 Å². The fourth-order valence-corrected chi connectivity index (χ4v) is 2.88. The molecule has 26 heavy (non-hydrogen) atoms. The van der Waals surface area contributed by atoms with Crippen LogP contribution < -0.4 is 5.32 Å². The number of amides is 2. The molecule has 0 unspecified atom stereocenters. The molecule has 132 valence electrons. The average molecular weight is 344 g/mol. The van der Waals surface area contributed by atoms with E-state index in [2.05, 4.69) is 41.7 Å². The second kappa shape index (κ2) is 9.42. The Morgan fingerprint density at radius 1 is 0.654 bits per heavy atom. The maximum absolute atomic E-state index is 12.8. The molecule has 0 saturated carbocycles. The molecule has 0 aliphatic rings. The molecule has 0 spiro atoms. The molecule has 0 heterocycles. The third-order valence-corrected chi connectivity index (χ3v) is 4.25. The summed E-state index contributed by atoms with van der Waals surface area (Å²) >= 11 is 0. The van der Waals surface area contributed by atoms with Gasteiger partial charge in [0.05, 0.1) is 0 Å². The van der Waals surface area contributed by atoms with Gasteiger partial charge in [0, 0.05) is 19.6 Å². The molecule has 2 amide bonds. The summed E-state index contributed by atoms with van der Waals surface area (Å²) in [7, 11) is 0. The van der Waals surface area contributed by atoms with Gasteiger partial charge in [-0.15, -0.1) is 0 Å². The van der Waals surface area contributed by atoms with Crippen molar-refractivity contribution in [3.63, 3.8) is 0 Å². The molecule has 1 N–H and O–H groups in total. The van der Waals surface area contributed by atoms with Crippen LogP contribution in [0, 0.1) is 0 Å². The van der Waals surface area contributed by atoms with Crippen molar-refractivity contribution in [3.8, 4) is 0 Å². The van der Waals surface area contributed by atoms with E-state index >= 15 is 0 Å². The van der Waals surface area contributed by atoms with Gasteiger partial charge in [-0.1, -0.05) is 91.0 Å². The smallest absolute Gasteiger partial charge is 0.318 e. The number of urea groups is 1. The lowest BCUT2D eigenvalue weighted by Gasteiger charge is -2.23. The first-order valence-corrected chi connectivity index (χ1v) is 8.96. The third-order valence-electron chi connectivity index (χ3n) is 4.25. The molecule has 0 fully saturated rings. The maximum Gasteiger partial charge on any atom is 0.318 e. The van der Waals surface area contributed by atoms with Gasteiger partial charge >= 0.3 is 6.03 Å². The van der Waals surface area contributed by atoms with Gasteiger partial charge in [0.2, 0.25) is 0 Å². The molecular weight excluding hydrogens is 320 g/mol. The van der Waals surface area contributed by atoms with E-state index in [1.165, 1.54) is 5.56 Å². The van der Waals surface area contributed by atoms with Crippen LogP contribution in [0.4, 0.5) is 4.79 Å². The molecule has 0 aliphatic carbocycles. The van der Waals surface area contributed by atoms with Gasteiger partial charge in [-0.05, 0) is 23.1 Å². The number of benzene rings is 3. The van der Waals surface area contributed by atoms with Crippen molar-refractivity contribution in [2.75, 3.05) is 6.54 Å². The molecule has 0 aromatic heterocycles. The van der Waals surface area contributed by atoms with Crippen LogP contribution in [-0.4, -0.2) is 17.5 Å². The number of rotatable bonds is 7. The third kappa shape index (κ3) is 5.49. The molecule has 3 aromatic rings. The zero-order valence-electron chi connectivity index (χ0n) is 14.8. The van der Waals surface area contributed by atoms with Gasteiger partial charge in [0.15, 0.2) is 0 Å². The van der Waals surface area contributed by atoms with Gasteiger partial charge < -0.3 is 10.2 Å². The first-order valence-electron chi connectivity index (χ1n) is 8.96. The molecule has 0 saturated heterocycles. The van der Waals surface area contributed by atoms with Gasteiger partial charge in [-0.25, -0.2) is 4.79 Å². The number of carbonyl (C=O) groups excluding carboxylic acids is 1. The van der Waals surface area contributed by atoms with Crippen LogP contribution in [0.2, 0.25) is 0 Å². The van der Waals surface area contributed by atoms with Crippen molar-refractivity contribution in [1.82, 2.24) is 10.2 Å². The molecule has 3 aromatic carbocycles. The number of hydrogen-bond acceptors (Lipinski definition) is 1. The van der Waals surface area contributed by atoms with Crippen LogP contribution in [-0.2, 0) is 19.5 Å². The second-order valence-electron chi connectivity index (χ2n) is 6.29. The number of carbonyl (C=O) groups is 1. The molecule has 3 heteroatoms. The molecule has 0 radical (unpaired) electrons. The Balaban J connectivity index is 1.62. The number of hydrogen-bond donors (Lipinski definition) is 1. The van der Waals surface area contributed by atoms with E-state index in [9.17, 15) is 4.79 Å². The monoisotopic (exact) mass is 344 g/mol. The Morgan fingerprint density at radius 2 is 1.08 bits per heavy atom. The summed E-state index contributed by atoms with van der Waals surface area (Å²) < 4.78 is 0. The Kier molecular flexibility index (Phi) is 6.43. The fraction of sp³-hybridized carbons (Fsp3) is 0.174. The van der Waals surface area contributed by atoms with Gasteiger partial charge in [0.1, 0.15) is 0 Å². The summed E-state index contributed by atoms with van der Waals surface area (Å²) in [4.78, 5) is 14.6.